The summed E-state index contributed by atoms with van der Waals surface area (Å²) < 4.78 is 0. The third-order valence-electron chi connectivity index (χ3n) is 3.34. The molecule has 3 aromatic rings. The van der Waals surface area contributed by atoms with Gasteiger partial charge in [0.2, 0.25) is 5.95 Å². The van der Waals surface area contributed by atoms with Crippen LogP contribution >= 0.6 is 0 Å². The van der Waals surface area contributed by atoms with E-state index in [1.165, 1.54) is 0 Å². The van der Waals surface area contributed by atoms with Gasteiger partial charge in [0.1, 0.15) is 5.82 Å². The average Bonchev–Trinajstić information content (AvgIpc) is 2.61. The molecule has 0 amide bonds. The first-order valence-corrected chi connectivity index (χ1v) is 6.27. The van der Waals surface area contributed by atoms with Gasteiger partial charge in [0.25, 0.3) is 0 Å². The summed E-state index contributed by atoms with van der Waals surface area (Å²) in [6, 6.07) is 11.9. The highest BCUT2D eigenvalue weighted by atomic mass is 15.0. The van der Waals surface area contributed by atoms with Gasteiger partial charge in [0, 0.05) is 34.8 Å². The van der Waals surface area contributed by atoms with Crippen molar-refractivity contribution in [2.75, 3.05) is 11.1 Å². The van der Waals surface area contributed by atoms with Gasteiger partial charge >= 0.3 is 0 Å². The standard InChI is InChI=1S/C15H11N5/c16-15-18-8-11-9-4-1-2-6-12(9)19-14-10(13(11)20-15)5-3-7-17-14/h1-8H,(H,17,19)(H2,16,18,20). The lowest BCUT2D eigenvalue weighted by Crippen LogP contribution is -1.98. The molecule has 0 saturated carbocycles. The normalized spacial score (nSPS) is 11.6. The molecular weight excluding hydrogens is 250 g/mol. The Bertz CT molecular complexity index is 813. The zero-order chi connectivity index (χ0) is 13.5. The van der Waals surface area contributed by atoms with Gasteiger partial charge < -0.3 is 11.1 Å². The summed E-state index contributed by atoms with van der Waals surface area (Å²) in [7, 11) is 0. The van der Waals surface area contributed by atoms with Gasteiger partial charge in [-0.15, -0.1) is 0 Å². The second kappa shape index (κ2) is 4.03. The first-order chi connectivity index (χ1) is 9.83. The molecule has 1 aliphatic heterocycles. The number of anilines is 3. The summed E-state index contributed by atoms with van der Waals surface area (Å²) in [6.07, 6.45) is 3.52. The predicted octanol–water partition coefficient (Wildman–Crippen LogP) is 2.84. The second-order valence-electron chi connectivity index (χ2n) is 4.56. The molecule has 3 heterocycles. The summed E-state index contributed by atoms with van der Waals surface area (Å²) >= 11 is 0. The third-order valence-corrected chi connectivity index (χ3v) is 3.34. The van der Waals surface area contributed by atoms with Crippen molar-refractivity contribution in [3.05, 3.63) is 48.8 Å². The van der Waals surface area contributed by atoms with Crippen LogP contribution in [0.1, 0.15) is 0 Å². The Morgan fingerprint density at radius 3 is 2.70 bits per heavy atom. The monoisotopic (exact) mass is 261 g/mol. The summed E-state index contributed by atoms with van der Waals surface area (Å²) in [5, 5.41) is 3.35. The SMILES string of the molecule is Nc1ncc2c(n1)-c1cccnc1Nc1ccccc1-2. The number of nitrogen functional groups attached to an aromatic ring is 1. The summed E-state index contributed by atoms with van der Waals surface area (Å²) in [6.45, 7) is 0. The molecule has 2 aromatic heterocycles. The van der Waals surface area contributed by atoms with Crippen LogP contribution in [0.25, 0.3) is 22.4 Å². The Morgan fingerprint density at radius 1 is 0.900 bits per heavy atom. The van der Waals surface area contributed by atoms with E-state index in [9.17, 15) is 0 Å². The van der Waals surface area contributed by atoms with Crippen molar-refractivity contribution in [3.8, 4) is 22.4 Å². The molecule has 0 fully saturated rings. The van der Waals surface area contributed by atoms with Crippen molar-refractivity contribution in [1.29, 1.82) is 0 Å². The first-order valence-electron chi connectivity index (χ1n) is 6.27. The molecule has 0 saturated heterocycles. The number of pyridine rings is 1. The van der Waals surface area contributed by atoms with Crippen molar-refractivity contribution in [3.63, 3.8) is 0 Å². The van der Waals surface area contributed by atoms with Crippen LogP contribution < -0.4 is 11.1 Å². The van der Waals surface area contributed by atoms with Gasteiger partial charge in [-0.3, -0.25) is 0 Å². The number of benzene rings is 1. The minimum absolute atomic E-state index is 0.262. The lowest BCUT2D eigenvalue weighted by Gasteiger charge is -2.07. The Hall–Kier alpha value is -2.95. The smallest absolute Gasteiger partial charge is 0.220 e. The van der Waals surface area contributed by atoms with Crippen molar-refractivity contribution in [2.45, 2.75) is 0 Å². The van der Waals surface area contributed by atoms with Gasteiger partial charge in [-0.05, 0) is 18.2 Å². The number of hydrogen-bond donors (Lipinski definition) is 2. The molecule has 4 rings (SSSR count). The maximum atomic E-state index is 5.75. The number of aromatic nitrogens is 3. The molecule has 5 heteroatoms. The van der Waals surface area contributed by atoms with Crippen LogP contribution in [0.2, 0.25) is 0 Å². The molecule has 0 spiro atoms. The maximum Gasteiger partial charge on any atom is 0.220 e. The third kappa shape index (κ3) is 1.53. The highest BCUT2D eigenvalue weighted by molar-refractivity contribution is 5.95. The number of nitrogens with one attached hydrogen (secondary N) is 1. The van der Waals surface area contributed by atoms with Crippen LogP contribution in [-0.4, -0.2) is 15.0 Å². The van der Waals surface area contributed by atoms with Gasteiger partial charge in [0.05, 0.1) is 5.69 Å². The molecule has 5 nitrogen and oxygen atoms in total. The van der Waals surface area contributed by atoms with E-state index in [1.54, 1.807) is 12.4 Å². The largest absolute Gasteiger partial charge is 0.368 e. The lowest BCUT2D eigenvalue weighted by molar-refractivity contribution is 1.19. The topological polar surface area (TPSA) is 76.7 Å². The zero-order valence-electron chi connectivity index (χ0n) is 10.5. The first kappa shape index (κ1) is 10.9. The number of nitrogens with two attached hydrogens (primary N) is 1. The average molecular weight is 261 g/mol. The Balaban J connectivity index is 2.13. The predicted molar refractivity (Wildman–Crippen MR) is 78.4 cm³/mol. The van der Waals surface area contributed by atoms with Crippen molar-refractivity contribution >= 4 is 17.5 Å². The van der Waals surface area contributed by atoms with Crippen LogP contribution in [-0.2, 0) is 0 Å². The molecule has 0 radical (unpaired) electrons. The fourth-order valence-electron chi connectivity index (χ4n) is 2.45. The molecule has 0 bridgehead atoms. The van der Waals surface area contributed by atoms with E-state index in [4.69, 9.17) is 5.73 Å². The summed E-state index contributed by atoms with van der Waals surface area (Å²) in [5.41, 5.74) is 10.5. The molecule has 0 unspecified atom stereocenters. The molecule has 96 valence electrons. The van der Waals surface area contributed by atoms with Gasteiger partial charge in [0.15, 0.2) is 0 Å². The molecule has 0 aliphatic carbocycles. The lowest BCUT2D eigenvalue weighted by atomic mass is 10.0. The summed E-state index contributed by atoms with van der Waals surface area (Å²) in [4.78, 5) is 12.9. The van der Waals surface area contributed by atoms with E-state index in [0.717, 1.165) is 33.9 Å². The van der Waals surface area contributed by atoms with E-state index in [0.29, 0.717) is 0 Å². The number of para-hydroxylation sites is 1. The number of nitrogens with zero attached hydrogens (tertiary/aromatic N) is 3. The molecule has 1 aliphatic rings. The van der Waals surface area contributed by atoms with Crippen molar-refractivity contribution < 1.29 is 0 Å². The maximum absolute atomic E-state index is 5.75. The fraction of sp³-hybridized carbons (Fsp3) is 0. The van der Waals surface area contributed by atoms with Crippen LogP contribution in [0, 0.1) is 0 Å². The minimum Gasteiger partial charge on any atom is -0.368 e. The van der Waals surface area contributed by atoms with Crippen LogP contribution in [0.4, 0.5) is 17.5 Å². The summed E-state index contributed by atoms with van der Waals surface area (Å²) in [5.74, 6) is 1.04. The number of fused-ring (bicyclic) bond motifs is 5. The van der Waals surface area contributed by atoms with Gasteiger partial charge in [-0.1, -0.05) is 18.2 Å². The second-order valence-corrected chi connectivity index (χ2v) is 4.56. The highest BCUT2D eigenvalue weighted by Gasteiger charge is 2.20. The highest BCUT2D eigenvalue weighted by Crippen LogP contribution is 2.41. The van der Waals surface area contributed by atoms with E-state index < -0.39 is 0 Å². The van der Waals surface area contributed by atoms with E-state index in [1.807, 2.05) is 36.4 Å². The molecular formula is C15H11N5. The Kier molecular flexibility index (Phi) is 2.20. The van der Waals surface area contributed by atoms with Crippen LogP contribution in [0.5, 0.6) is 0 Å². The number of rotatable bonds is 0. The van der Waals surface area contributed by atoms with Crippen LogP contribution in [0.15, 0.2) is 48.8 Å². The number of hydrogen-bond acceptors (Lipinski definition) is 5. The minimum atomic E-state index is 0.262. The van der Waals surface area contributed by atoms with E-state index in [2.05, 4.69) is 20.3 Å². The van der Waals surface area contributed by atoms with Crippen molar-refractivity contribution in [2.24, 2.45) is 0 Å². The van der Waals surface area contributed by atoms with Crippen molar-refractivity contribution in [1.82, 2.24) is 15.0 Å². The molecule has 20 heavy (non-hydrogen) atoms. The molecule has 1 aromatic carbocycles. The van der Waals surface area contributed by atoms with E-state index >= 15 is 0 Å². The van der Waals surface area contributed by atoms with Gasteiger partial charge in [-0.25, -0.2) is 15.0 Å². The fourth-order valence-corrected chi connectivity index (χ4v) is 2.45. The van der Waals surface area contributed by atoms with Crippen LogP contribution in [0.3, 0.4) is 0 Å². The van der Waals surface area contributed by atoms with Gasteiger partial charge in [-0.2, -0.15) is 0 Å². The Labute approximate surface area is 115 Å². The van der Waals surface area contributed by atoms with E-state index in [-0.39, 0.29) is 5.95 Å². The zero-order valence-corrected chi connectivity index (χ0v) is 10.5. The molecule has 0 atom stereocenters. The Morgan fingerprint density at radius 2 is 1.75 bits per heavy atom. The quantitative estimate of drug-likeness (QED) is 0.509. The molecule has 3 N–H and O–H groups in total.